The SMILES string of the molecule is C=C(/C=C\C(=C/C)OC)[C@H](NC(=O)[C@H](CC#N)NC(=O)C(F)(F)c1cccc(Cl)c1)C(=O)N[C@H](C(=O)C(F)(F)F)C(C)C. The van der Waals surface area contributed by atoms with Crippen LogP contribution in [0.2, 0.25) is 5.02 Å². The highest BCUT2D eigenvalue weighted by molar-refractivity contribution is 6.30. The lowest BCUT2D eigenvalue weighted by Gasteiger charge is -2.27. The van der Waals surface area contributed by atoms with Gasteiger partial charge in [-0.15, -0.1) is 0 Å². The molecule has 1 aromatic rings. The van der Waals surface area contributed by atoms with Gasteiger partial charge in [-0.1, -0.05) is 50.2 Å². The first kappa shape index (κ1) is 36.8. The first-order valence-electron chi connectivity index (χ1n) is 12.5. The van der Waals surface area contributed by atoms with Crippen LogP contribution in [0, 0.1) is 17.2 Å². The zero-order valence-electron chi connectivity index (χ0n) is 23.5. The number of benzene rings is 1. The van der Waals surface area contributed by atoms with E-state index in [0.29, 0.717) is 0 Å². The Morgan fingerprint density at radius 3 is 2.19 bits per heavy atom. The summed E-state index contributed by atoms with van der Waals surface area (Å²) in [5.74, 6) is -11.8. The van der Waals surface area contributed by atoms with E-state index in [9.17, 15) is 41.1 Å². The molecule has 1 aromatic carbocycles. The first-order chi connectivity index (χ1) is 19.9. The number of hydrogen-bond acceptors (Lipinski definition) is 6. The van der Waals surface area contributed by atoms with Crippen molar-refractivity contribution in [2.24, 2.45) is 5.92 Å². The molecule has 3 amide bonds. The molecule has 0 aliphatic heterocycles. The smallest absolute Gasteiger partial charge is 0.452 e. The molecule has 0 radical (unpaired) electrons. The highest BCUT2D eigenvalue weighted by Gasteiger charge is 2.46. The molecule has 0 aliphatic carbocycles. The Kier molecular flexibility index (Phi) is 13.5. The highest BCUT2D eigenvalue weighted by Crippen LogP contribution is 2.30. The van der Waals surface area contributed by atoms with E-state index in [0.717, 1.165) is 18.2 Å². The molecule has 0 aliphatic rings. The fourth-order valence-electron chi connectivity index (χ4n) is 3.45. The summed E-state index contributed by atoms with van der Waals surface area (Å²) >= 11 is 5.72. The van der Waals surface area contributed by atoms with Crippen LogP contribution >= 0.6 is 11.6 Å². The Morgan fingerprint density at radius 1 is 1.07 bits per heavy atom. The molecule has 0 saturated carbocycles. The molecule has 0 saturated heterocycles. The summed E-state index contributed by atoms with van der Waals surface area (Å²) in [7, 11) is 1.32. The fourth-order valence-corrected chi connectivity index (χ4v) is 3.64. The number of nitrogens with one attached hydrogen (secondary N) is 3. The molecular weight excluding hydrogens is 603 g/mol. The normalized spacial score (nSPS) is 14.3. The number of rotatable bonds is 14. The summed E-state index contributed by atoms with van der Waals surface area (Å²) in [5, 5.41) is 14.9. The molecule has 0 heterocycles. The van der Waals surface area contributed by atoms with E-state index in [-0.39, 0.29) is 16.4 Å². The van der Waals surface area contributed by atoms with Crippen LogP contribution < -0.4 is 16.0 Å². The number of amides is 3. The van der Waals surface area contributed by atoms with E-state index in [2.05, 4.69) is 11.9 Å². The number of alkyl halides is 5. The average molecular weight is 633 g/mol. The number of nitrogens with zero attached hydrogens (tertiary/aromatic N) is 1. The Morgan fingerprint density at radius 2 is 1.70 bits per heavy atom. The minimum atomic E-state index is -5.30. The molecule has 0 aromatic heterocycles. The monoisotopic (exact) mass is 632 g/mol. The third kappa shape index (κ3) is 10.5. The van der Waals surface area contributed by atoms with Crippen molar-refractivity contribution in [1.82, 2.24) is 16.0 Å². The Bertz CT molecular complexity index is 1320. The van der Waals surface area contributed by atoms with Gasteiger partial charge in [0.2, 0.25) is 11.8 Å². The molecule has 3 N–H and O–H groups in total. The van der Waals surface area contributed by atoms with Crippen LogP contribution in [0.4, 0.5) is 22.0 Å². The van der Waals surface area contributed by atoms with Crippen LogP contribution in [-0.2, 0) is 29.8 Å². The zero-order valence-corrected chi connectivity index (χ0v) is 24.3. The number of halogens is 6. The lowest BCUT2D eigenvalue weighted by molar-refractivity contribution is -0.175. The predicted octanol–water partition coefficient (Wildman–Crippen LogP) is 4.25. The number of hydrogen-bond donors (Lipinski definition) is 3. The van der Waals surface area contributed by atoms with E-state index in [1.807, 2.05) is 5.32 Å². The predicted molar refractivity (Wildman–Crippen MR) is 146 cm³/mol. The number of allylic oxidation sites excluding steroid dienone is 2. The minimum absolute atomic E-state index is 0.102. The molecule has 0 unspecified atom stereocenters. The van der Waals surface area contributed by atoms with Gasteiger partial charge in [-0.05, 0) is 42.7 Å². The largest absolute Gasteiger partial charge is 0.497 e. The Hall–Kier alpha value is -4.25. The van der Waals surface area contributed by atoms with Crippen molar-refractivity contribution in [2.75, 3.05) is 7.11 Å². The van der Waals surface area contributed by atoms with Gasteiger partial charge in [-0.2, -0.15) is 27.2 Å². The summed E-state index contributed by atoms with van der Waals surface area (Å²) < 4.78 is 74.2. The summed E-state index contributed by atoms with van der Waals surface area (Å²) in [6, 6.07) is -0.152. The van der Waals surface area contributed by atoms with Crippen LogP contribution in [-0.4, -0.2) is 54.9 Å². The molecule has 43 heavy (non-hydrogen) atoms. The van der Waals surface area contributed by atoms with Gasteiger partial charge in [0, 0.05) is 10.6 Å². The van der Waals surface area contributed by atoms with Gasteiger partial charge in [0.1, 0.15) is 17.8 Å². The fraction of sp³-hybridized carbons (Fsp3) is 0.393. The lowest BCUT2D eigenvalue weighted by Crippen LogP contribution is -2.58. The van der Waals surface area contributed by atoms with E-state index < -0.39 is 71.6 Å². The van der Waals surface area contributed by atoms with Crippen molar-refractivity contribution in [2.45, 2.75) is 57.4 Å². The van der Waals surface area contributed by atoms with Crippen LogP contribution in [0.5, 0.6) is 0 Å². The molecule has 0 spiro atoms. The maximum atomic E-state index is 14.8. The first-order valence-corrected chi connectivity index (χ1v) is 12.9. The van der Waals surface area contributed by atoms with Crippen molar-refractivity contribution < 1.29 is 45.9 Å². The maximum Gasteiger partial charge on any atom is 0.452 e. The maximum absolute atomic E-state index is 14.8. The van der Waals surface area contributed by atoms with Crippen molar-refractivity contribution in [3.63, 3.8) is 0 Å². The number of methoxy groups -OCH3 is 1. The second-order valence-corrected chi connectivity index (χ2v) is 9.75. The molecule has 234 valence electrons. The van der Waals surface area contributed by atoms with Crippen LogP contribution in [0.1, 0.15) is 32.8 Å². The van der Waals surface area contributed by atoms with Gasteiger partial charge in [0.05, 0.1) is 25.6 Å². The molecule has 9 nitrogen and oxygen atoms in total. The zero-order chi connectivity index (χ0) is 33.1. The van der Waals surface area contributed by atoms with Crippen molar-refractivity contribution in [3.8, 4) is 6.07 Å². The lowest BCUT2D eigenvalue weighted by atomic mass is 9.98. The minimum Gasteiger partial charge on any atom is -0.497 e. The number of Topliss-reactive ketones (excluding diaryl/α,β-unsaturated/α-hetero) is 1. The topological polar surface area (TPSA) is 137 Å². The third-order valence-corrected chi connectivity index (χ3v) is 6.05. The highest BCUT2D eigenvalue weighted by atomic mass is 35.5. The van der Waals surface area contributed by atoms with Gasteiger partial charge >= 0.3 is 12.1 Å². The van der Waals surface area contributed by atoms with Crippen molar-refractivity contribution in [3.05, 3.63) is 71.0 Å². The standard InChI is InChI=1S/C28H30ClF5N4O5/c1-6-19(43-5)11-10-16(4)22(25(41)37-21(15(2)3)23(39)28(32,33)34)38-24(40)20(12-13-35)36-26(42)27(30,31)17-8-7-9-18(29)14-17/h6-11,14-15,20-22H,4,12H2,1-3,5H3,(H,36,42)(H,37,41)(H,38,40)/b11-10-,19-6+/t20-,21-,22-/m0/s1. The van der Waals surface area contributed by atoms with Crippen LogP contribution in [0.15, 0.2) is 60.4 Å². The number of carbonyl (C=O) groups excluding carboxylic acids is 4. The van der Waals surface area contributed by atoms with E-state index in [1.165, 1.54) is 45.3 Å². The number of ether oxygens (including phenoxy) is 1. The van der Waals surface area contributed by atoms with Gasteiger partial charge in [0.15, 0.2) is 0 Å². The second-order valence-electron chi connectivity index (χ2n) is 9.31. The van der Waals surface area contributed by atoms with Gasteiger partial charge in [0.25, 0.3) is 11.7 Å². The van der Waals surface area contributed by atoms with Gasteiger partial charge in [-0.25, -0.2) is 0 Å². The second kappa shape index (κ2) is 15.8. The molecule has 15 heteroatoms. The summed E-state index contributed by atoms with van der Waals surface area (Å²) in [6.45, 7) is 7.72. The number of nitriles is 1. The van der Waals surface area contributed by atoms with E-state index >= 15 is 0 Å². The molecule has 0 fully saturated rings. The Labute approximate surface area is 249 Å². The quantitative estimate of drug-likeness (QED) is 0.159. The van der Waals surface area contributed by atoms with Crippen molar-refractivity contribution in [1.29, 1.82) is 5.26 Å². The van der Waals surface area contributed by atoms with Crippen molar-refractivity contribution >= 4 is 35.1 Å². The summed E-state index contributed by atoms with van der Waals surface area (Å²) in [4.78, 5) is 50.7. The Balaban J connectivity index is 3.39. The average Bonchev–Trinajstić information content (AvgIpc) is 2.93. The molecule has 3 atom stereocenters. The molecule has 1 rings (SSSR count). The van der Waals surface area contributed by atoms with E-state index in [4.69, 9.17) is 21.6 Å². The van der Waals surface area contributed by atoms with Gasteiger partial charge in [-0.3, -0.25) is 19.2 Å². The molecular formula is C28H30ClF5N4O5. The third-order valence-electron chi connectivity index (χ3n) is 5.82. The van der Waals surface area contributed by atoms with Crippen LogP contribution in [0.3, 0.4) is 0 Å². The number of ketones is 1. The van der Waals surface area contributed by atoms with Gasteiger partial charge < -0.3 is 20.7 Å². The summed E-state index contributed by atoms with van der Waals surface area (Å²) in [6.07, 6.45) is -2.16. The number of carbonyl (C=O) groups is 4. The molecule has 0 bridgehead atoms. The van der Waals surface area contributed by atoms with E-state index in [1.54, 1.807) is 18.3 Å². The summed E-state index contributed by atoms with van der Waals surface area (Å²) in [5.41, 5.74) is -1.05. The van der Waals surface area contributed by atoms with Crippen LogP contribution in [0.25, 0.3) is 0 Å².